The zero-order valence-electron chi connectivity index (χ0n) is 4.40. The van der Waals surface area contributed by atoms with Crippen molar-refractivity contribution in [2.45, 2.75) is 24.8 Å². The molecule has 35 valence electrons. The van der Waals surface area contributed by atoms with Gasteiger partial charge in [0, 0.05) is 0 Å². The van der Waals surface area contributed by atoms with Crippen molar-refractivity contribution in [2.24, 2.45) is 0 Å². The van der Waals surface area contributed by atoms with Crippen molar-refractivity contribution in [3.8, 4) is 0 Å². The van der Waals surface area contributed by atoms with Gasteiger partial charge >= 0.3 is 43.1 Å². The van der Waals surface area contributed by atoms with Crippen LogP contribution in [0.1, 0.15) is 20.3 Å². The van der Waals surface area contributed by atoms with E-state index in [-0.39, 0.29) is 17.0 Å². The van der Waals surface area contributed by atoms with E-state index >= 15 is 0 Å². The summed E-state index contributed by atoms with van der Waals surface area (Å²) < 4.78 is 1.01. The van der Waals surface area contributed by atoms with Crippen LogP contribution in [0, 0.1) is 0 Å². The maximum absolute atomic E-state index is 2.28. The Kier molecular flexibility index (Phi) is 10.3. The van der Waals surface area contributed by atoms with Gasteiger partial charge in [0.25, 0.3) is 0 Å². The summed E-state index contributed by atoms with van der Waals surface area (Å²) in [4.78, 5) is 0. The van der Waals surface area contributed by atoms with E-state index in [2.05, 4.69) is 13.8 Å². The van der Waals surface area contributed by atoms with Gasteiger partial charge < -0.3 is 0 Å². The van der Waals surface area contributed by atoms with E-state index in [1.54, 1.807) is 0 Å². The van der Waals surface area contributed by atoms with Crippen molar-refractivity contribution in [3.63, 3.8) is 0 Å². The number of halogens is 1. The molecule has 0 aliphatic heterocycles. The van der Waals surface area contributed by atoms with Crippen LogP contribution in [-0.2, 0) is 18.3 Å². The molecule has 0 aromatic carbocycles. The second-order valence-electron chi connectivity index (χ2n) is 1.51. The standard InChI is InChI=1S/C4H9.BrH.Zn/c1-3-4-2;;/h3H,4H2,1-2H3;1H;. The molecule has 0 saturated carbocycles. The molecule has 0 aliphatic carbocycles. The minimum absolute atomic E-state index is 0. The van der Waals surface area contributed by atoms with Crippen molar-refractivity contribution in [3.05, 3.63) is 0 Å². The van der Waals surface area contributed by atoms with Gasteiger partial charge in [-0.1, -0.05) is 0 Å². The topological polar surface area (TPSA) is 0 Å². The molecule has 0 amide bonds. The molecule has 0 aliphatic rings. The summed E-state index contributed by atoms with van der Waals surface area (Å²) in [6.45, 7) is 4.51. The first-order valence-electron chi connectivity index (χ1n) is 2.10. The van der Waals surface area contributed by atoms with Crippen molar-refractivity contribution in [2.75, 3.05) is 0 Å². The van der Waals surface area contributed by atoms with Gasteiger partial charge in [-0.15, -0.1) is 17.0 Å². The van der Waals surface area contributed by atoms with Gasteiger partial charge in [0.05, 0.1) is 0 Å². The maximum atomic E-state index is 2.28. The Hall–Kier alpha value is 1.10. The zero-order chi connectivity index (χ0) is 4.28. The second kappa shape index (κ2) is 6.10. The SMILES string of the molecule is Br.CC[CH](C)[Zn]. The Morgan fingerprint density at radius 3 is 1.83 bits per heavy atom. The molecular formula is C4H10BrZn. The van der Waals surface area contributed by atoms with E-state index in [1.165, 1.54) is 24.7 Å². The van der Waals surface area contributed by atoms with Gasteiger partial charge in [-0.25, -0.2) is 0 Å². The van der Waals surface area contributed by atoms with Gasteiger partial charge in [-0.05, 0) is 0 Å². The average Bonchev–Trinajstić information content (AvgIpc) is 1.38. The molecule has 0 fully saturated rings. The summed E-state index contributed by atoms with van der Waals surface area (Å²) in [5.74, 6) is 0. The van der Waals surface area contributed by atoms with Crippen LogP contribution >= 0.6 is 17.0 Å². The van der Waals surface area contributed by atoms with Gasteiger partial charge in [0.2, 0.25) is 0 Å². The summed E-state index contributed by atoms with van der Waals surface area (Å²) in [5.41, 5.74) is 0. The number of rotatable bonds is 1. The molecular weight excluding hydrogens is 193 g/mol. The van der Waals surface area contributed by atoms with Gasteiger partial charge in [-0.3, -0.25) is 0 Å². The fourth-order valence-electron chi connectivity index (χ4n) is 0. The fraction of sp³-hybridized carbons (Fsp3) is 1.00. The first-order chi connectivity index (χ1) is 2.27. The molecule has 0 N–H and O–H groups in total. The van der Waals surface area contributed by atoms with Crippen LogP contribution in [-0.4, -0.2) is 0 Å². The molecule has 6 heavy (non-hydrogen) atoms. The number of hydrogen-bond donors (Lipinski definition) is 0. The Morgan fingerprint density at radius 1 is 1.67 bits per heavy atom. The molecule has 0 saturated heterocycles. The Labute approximate surface area is 60.1 Å². The van der Waals surface area contributed by atoms with Crippen molar-refractivity contribution in [1.82, 2.24) is 0 Å². The predicted molar refractivity (Wildman–Crippen MR) is 30.0 cm³/mol. The molecule has 0 nitrogen and oxygen atoms in total. The van der Waals surface area contributed by atoms with Gasteiger partial charge in [-0.2, -0.15) is 0 Å². The predicted octanol–water partition coefficient (Wildman–Crippen LogP) is 2.33. The summed E-state index contributed by atoms with van der Waals surface area (Å²) in [5, 5.41) is 0. The molecule has 2 heteroatoms. The quantitative estimate of drug-likeness (QED) is 0.574. The second-order valence-corrected chi connectivity index (χ2v) is 4.44. The van der Waals surface area contributed by atoms with E-state index in [4.69, 9.17) is 0 Å². The molecule has 0 heterocycles. The zero-order valence-corrected chi connectivity index (χ0v) is 9.08. The van der Waals surface area contributed by atoms with E-state index < -0.39 is 0 Å². The molecule has 0 aromatic heterocycles. The fourth-order valence-corrected chi connectivity index (χ4v) is 0. The summed E-state index contributed by atoms with van der Waals surface area (Å²) in [6.07, 6.45) is 1.36. The average molecular weight is 203 g/mol. The van der Waals surface area contributed by atoms with Crippen LogP contribution in [0.4, 0.5) is 0 Å². The third-order valence-electron chi connectivity index (χ3n) is 0.697. The van der Waals surface area contributed by atoms with Crippen LogP contribution in [0.3, 0.4) is 0 Å². The van der Waals surface area contributed by atoms with Crippen LogP contribution < -0.4 is 0 Å². The first kappa shape index (κ1) is 10.2. The molecule has 1 atom stereocenters. The van der Waals surface area contributed by atoms with Crippen molar-refractivity contribution >= 4 is 17.0 Å². The van der Waals surface area contributed by atoms with Gasteiger partial charge in [0.15, 0.2) is 0 Å². The normalized spacial score (nSPS) is 12.7. The van der Waals surface area contributed by atoms with Gasteiger partial charge in [0.1, 0.15) is 0 Å². The van der Waals surface area contributed by atoms with Crippen molar-refractivity contribution < 1.29 is 18.3 Å². The van der Waals surface area contributed by atoms with Crippen LogP contribution in [0.5, 0.6) is 0 Å². The Balaban J connectivity index is 0. The summed E-state index contributed by atoms with van der Waals surface area (Å²) in [6, 6.07) is 0. The third-order valence-corrected chi connectivity index (χ3v) is 1.91. The monoisotopic (exact) mass is 201 g/mol. The van der Waals surface area contributed by atoms with Crippen molar-refractivity contribution in [1.29, 1.82) is 0 Å². The first-order valence-corrected chi connectivity index (χ1v) is 3.81. The Morgan fingerprint density at radius 2 is 1.83 bits per heavy atom. The van der Waals surface area contributed by atoms with Crippen LogP contribution in [0.15, 0.2) is 0 Å². The summed E-state index contributed by atoms with van der Waals surface area (Å²) in [7, 11) is 0. The van der Waals surface area contributed by atoms with Crippen LogP contribution in [0.2, 0.25) is 4.51 Å². The summed E-state index contributed by atoms with van der Waals surface area (Å²) >= 11 is 1.45. The minimum atomic E-state index is 0. The third kappa shape index (κ3) is 8.92. The van der Waals surface area contributed by atoms with Crippen LogP contribution in [0.25, 0.3) is 0 Å². The van der Waals surface area contributed by atoms with E-state index in [9.17, 15) is 0 Å². The van der Waals surface area contributed by atoms with E-state index in [0.717, 1.165) is 4.51 Å². The molecule has 0 bridgehead atoms. The number of hydrogen-bond acceptors (Lipinski definition) is 0. The molecule has 0 spiro atoms. The Bertz CT molecular complexity index is 21.5. The molecule has 1 unspecified atom stereocenters. The molecule has 0 rings (SSSR count). The molecule has 0 radical (unpaired) electrons. The van der Waals surface area contributed by atoms with E-state index in [1.807, 2.05) is 0 Å². The molecule has 0 aromatic rings. The van der Waals surface area contributed by atoms with E-state index in [0.29, 0.717) is 0 Å².